The summed E-state index contributed by atoms with van der Waals surface area (Å²) < 4.78 is 13.4. The van der Waals surface area contributed by atoms with Crippen LogP contribution in [-0.4, -0.2) is 41.6 Å². The van der Waals surface area contributed by atoms with E-state index in [0.29, 0.717) is 6.42 Å². The summed E-state index contributed by atoms with van der Waals surface area (Å²) in [7, 11) is 1.42. The number of aliphatic carboxylic acids is 1. The lowest BCUT2D eigenvalue weighted by atomic mass is 10.1. The number of likely N-dealkylation sites (N-methyl/N-ethyl adjacent to an activating group) is 1. The molecule has 1 amide bonds. The van der Waals surface area contributed by atoms with Crippen molar-refractivity contribution in [3.8, 4) is 0 Å². The van der Waals surface area contributed by atoms with Gasteiger partial charge in [-0.25, -0.2) is 4.39 Å². The average molecular weight is 261 g/mol. The zero-order chi connectivity index (χ0) is 14.0. The highest BCUT2D eigenvalue weighted by atomic mass is 19.1. The van der Waals surface area contributed by atoms with Crippen molar-refractivity contribution in [3.05, 3.63) is 0 Å². The standard InChI is InChI=1S/C13H24FNO3/c1-3-4-5-6-7-11(14)8-9-12(16)15(2)10-13(17)18/h11H,3-10H2,1-2H3,(H,17,18). The Balaban J connectivity index is 3.67. The Morgan fingerprint density at radius 2 is 1.89 bits per heavy atom. The minimum atomic E-state index is -1.05. The topological polar surface area (TPSA) is 57.6 Å². The van der Waals surface area contributed by atoms with Gasteiger partial charge in [0.05, 0.1) is 0 Å². The lowest BCUT2D eigenvalue weighted by Gasteiger charge is -2.15. The van der Waals surface area contributed by atoms with Crippen molar-refractivity contribution in [2.45, 2.75) is 58.0 Å². The predicted molar refractivity (Wildman–Crippen MR) is 68.2 cm³/mol. The molecule has 0 aliphatic carbocycles. The molecule has 0 bridgehead atoms. The number of carboxylic acid groups (broad SMARTS) is 1. The highest BCUT2D eigenvalue weighted by molar-refractivity contribution is 5.80. The molecule has 0 saturated carbocycles. The van der Waals surface area contributed by atoms with Crippen LogP contribution >= 0.6 is 0 Å². The second-order valence-corrected chi connectivity index (χ2v) is 4.63. The summed E-state index contributed by atoms with van der Waals surface area (Å²) in [5, 5.41) is 8.51. The van der Waals surface area contributed by atoms with Crippen LogP contribution in [0.3, 0.4) is 0 Å². The number of carbonyl (C=O) groups excluding carboxylic acids is 1. The zero-order valence-electron chi connectivity index (χ0n) is 11.3. The molecule has 5 heteroatoms. The number of hydrogen-bond donors (Lipinski definition) is 1. The van der Waals surface area contributed by atoms with Crippen molar-refractivity contribution in [2.75, 3.05) is 13.6 Å². The van der Waals surface area contributed by atoms with Gasteiger partial charge in [0.1, 0.15) is 12.7 Å². The van der Waals surface area contributed by atoms with Gasteiger partial charge in [0, 0.05) is 13.5 Å². The van der Waals surface area contributed by atoms with Gasteiger partial charge in [-0.15, -0.1) is 0 Å². The quantitative estimate of drug-likeness (QED) is 0.615. The molecule has 1 atom stereocenters. The first kappa shape index (κ1) is 16.9. The molecular weight excluding hydrogens is 237 g/mol. The third-order valence-corrected chi connectivity index (χ3v) is 2.84. The van der Waals surface area contributed by atoms with Crippen LogP contribution in [0.2, 0.25) is 0 Å². The first-order valence-electron chi connectivity index (χ1n) is 6.57. The minimum Gasteiger partial charge on any atom is -0.480 e. The number of rotatable bonds is 10. The third kappa shape index (κ3) is 8.96. The number of nitrogens with zero attached hydrogens (tertiary/aromatic N) is 1. The van der Waals surface area contributed by atoms with Gasteiger partial charge in [-0.05, 0) is 12.8 Å². The molecule has 1 unspecified atom stereocenters. The highest BCUT2D eigenvalue weighted by Gasteiger charge is 2.14. The number of carboxylic acids is 1. The summed E-state index contributed by atoms with van der Waals surface area (Å²) >= 11 is 0. The van der Waals surface area contributed by atoms with E-state index in [1.165, 1.54) is 7.05 Å². The summed E-state index contributed by atoms with van der Waals surface area (Å²) in [6.07, 6.45) is 3.94. The first-order valence-corrected chi connectivity index (χ1v) is 6.57. The number of carbonyl (C=O) groups is 2. The molecule has 4 nitrogen and oxygen atoms in total. The fourth-order valence-electron chi connectivity index (χ4n) is 1.70. The molecule has 0 aromatic rings. The van der Waals surface area contributed by atoms with Crippen LogP contribution in [0.25, 0.3) is 0 Å². The van der Waals surface area contributed by atoms with Crippen molar-refractivity contribution in [2.24, 2.45) is 0 Å². The van der Waals surface area contributed by atoms with Gasteiger partial charge in [0.2, 0.25) is 5.91 Å². The van der Waals surface area contributed by atoms with E-state index in [4.69, 9.17) is 5.11 Å². The molecule has 0 saturated heterocycles. The molecule has 106 valence electrons. The first-order chi connectivity index (χ1) is 8.47. The molecule has 0 spiro atoms. The summed E-state index contributed by atoms with van der Waals surface area (Å²) in [5.41, 5.74) is 0. The summed E-state index contributed by atoms with van der Waals surface area (Å²) in [5.74, 6) is -1.36. The molecule has 0 aromatic carbocycles. The Bertz CT molecular complexity index is 259. The average Bonchev–Trinajstić information content (AvgIpc) is 2.30. The van der Waals surface area contributed by atoms with E-state index in [2.05, 4.69) is 6.92 Å². The number of hydrogen-bond acceptors (Lipinski definition) is 2. The molecule has 0 radical (unpaired) electrons. The Morgan fingerprint density at radius 3 is 2.44 bits per heavy atom. The monoisotopic (exact) mass is 261 g/mol. The maximum Gasteiger partial charge on any atom is 0.323 e. The number of amides is 1. The lowest BCUT2D eigenvalue weighted by molar-refractivity contribution is -0.143. The van der Waals surface area contributed by atoms with E-state index in [-0.39, 0.29) is 25.3 Å². The second-order valence-electron chi connectivity index (χ2n) is 4.63. The summed E-state index contributed by atoms with van der Waals surface area (Å²) in [4.78, 5) is 23.0. The Hall–Kier alpha value is -1.13. The Labute approximate surface area is 108 Å². The van der Waals surface area contributed by atoms with Crippen LogP contribution < -0.4 is 0 Å². The molecule has 0 rings (SSSR count). The van der Waals surface area contributed by atoms with Crippen molar-refractivity contribution in [1.29, 1.82) is 0 Å². The van der Waals surface area contributed by atoms with E-state index in [0.717, 1.165) is 30.6 Å². The van der Waals surface area contributed by atoms with Crippen molar-refractivity contribution < 1.29 is 19.1 Å². The molecule has 1 N–H and O–H groups in total. The summed E-state index contributed by atoms with van der Waals surface area (Å²) in [6, 6.07) is 0. The smallest absolute Gasteiger partial charge is 0.323 e. The number of alkyl halides is 1. The van der Waals surface area contributed by atoms with Gasteiger partial charge in [-0.1, -0.05) is 32.6 Å². The fraction of sp³-hybridized carbons (Fsp3) is 0.846. The predicted octanol–water partition coefficient (Wildman–Crippen LogP) is 2.62. The van der Waals surface area contributed by atoms with E-state index in [9.17, 15) is 14.0 Å². The molecule has 0 heterocycles. The van der Waals surface area contributed by atoms with Gasteiger partial charge < -0.3 is 10.0 Å². The van der Waals surface area contributed by atoms with Crippen LogP contribution in [0.1, 0.15) is 51.9 Å². The van der Waals surface area contributed by atoms with E-state index >= 15 is 0 Å². The minimum absolute atomic E-state index is 0.0821. The largest absolute Gasteiger partial charge is 0.480 e. The van der Waals surface area contributed by atoms with Gasteiger partial charge in [0.15, 0.2) is 0 Å². The fourth-order valence-corrected chi connectivity index (χ4v) is 1.70. The third-order valence-electron chi connectivity index (χ3n) is 2.84. The maximum atomic E-state index is 13.4. The maximum absolute atomic E-state index is 13.4. The van der Waals surface area contributed by atoms with Crippen molar-refractivity contribution >= 4 is 11.9 Å². The van der Waals surface area contributed by atoms with Crippen LogP contribution in [0.4, 0.5) is 4.39 Å². The Kier molecular flexibility index (Phi) is 9.24. The molecule has 0 aliphatic rings. The van der Waals surface area contributed by atoms with Gasteiger partial charge in [0.25, 0.3) is 0 Å². The van der Waals surface area contributed by atoms with Crippen LogP contribution in [-0.2, 0) is 9.59 Å². The molecule has 0 fully saturated rings. The molecular formula is C13H24FNO3. The van der Waals surface area contributed by atoms with Gasteiger partial charge in [-0.3, -0.25) is 9.59 Å². The highest BCUT2D eigenvalue weighted by Crippen LogP contribution is 2.13. The van der Waals surface area contributed by atoms with Crippen molar-refractivity contribution in [1.82, 2.24) is 4.90 Å². The molecule has 0 aromatic heterocycles. The normalized spacial score (nSPS) is 12.2. The summed E-state index contributed by atoms with van der Waals surface area (Å²) in [6.45, 7) is 1.77. The number of halogens is 1. The second kappa shape index (κ2) is 9.85. The lowest BCUT2D eigenvalue weighted by Crippen LogP contribution is -2.32. The SMILES string of the molecule is CCCCCCC(F)CCC(=O)N(C)CC(=O)O. The number of unbranched alkanes of at least 4 members (excludes halogenated alkanes) is 3. The van der Waals surface area contributed by atoms with E-state index in [1.54, 1.807) is 0 Å². The zero-order valence-corrected chi connectivity index (χ0v) is 11.3. The van der Waals surface area contributed by atoms with E-state index in [1.807, 2.05) is 0 Å². The Morgan fingerprint density at radius 1 is 1.22 bits per heavy atom. The van der Waals surface area contributed by atoms with Crippen LogP contribution in [0.15, 0.2) is 0 Å². The van der Waals surface area contributed by atoms with Crippen molar-refractivity contribution in [3.63, 3.8) is 0 Å². The van der Waals surface area contributed by atoms with Gasteiger partial charge >= 0.3 is 5.97 Å². The van der Waals surface area contributed by atoms with Crippen LogP contribution in [0, 0.1) is 0 Å². The van der Waals surface area contributed by atoms with Crippen LogP contribution in [0.5, 0.6) is 0 Å². The molecule has 18 heavy (non-hydrogen) atoms. The van der Waals surface area contributed by atoms with Gasteiger partial charge in [-0.2, -0.15) is 0 Å². The van der Waals surface area contributed by atoms with E-state index < -0.39 is 12.1 Å². The molecule has 0 aliphatic heterocycles.